The van der Waals surface area contributed by atoms with Crippen molar-refractivity contribution >= 4 is 33.2 Å². The average Bonchev–Trinajstić information content (AvgIpc) is 3.03. The van der Waals surface area contributed by atoms with E-state index in [2.05, 4.69) is 36.8 Å². The van der Waals surface area contributed by atoms with Gasteiger partial charge in [0, 0.05) is 11.0 Å². The number of anilines is 1. The van der Waals surface area contributed by atoms with Crippen LogP contribution in [0.4, 0.5) is 5.69 Å². The summed E-state index contributed by atoms with van der Waals surface area (Å²) >= 11 is 9.49. The summed E-state index contributed by atoms with van der Waals surface area (Å²) in [5.74, 6) is 0. The lowest BCUT2D eigenvalue weighted by molar-refractivity contribution is 0.789. The van der Waals surface area contributed by atoms with Crippen molar-refractivity contribution in [3.63, 3.8) is 0 Å². The van der Waals surface area contributed by atoms with E-state index in [0.29, 0.717) is 11.6 Å². The van der Waals surface area contributed by atoms with E-state index in [9.17, 15) is 0 Å². The summed E-state index contributed by atoms with van der Waals surface area (Å²) in [5, 5.41) is 15.3. The molecule has 106 valence electrons. The maximum Gasteiger partial charge on any atom is 0.143 e. The number of hydrogen-bond acceptors (Lipinski definition) is 4. The minimum absolute atomic E-state index is 0.659. The molecule has 0 aliphatic rings. The highest BCUT2D eigenvalue weighted by molar-refractivity contribution is 9.10. The molecule has 1 N–H and O–H groups in total. The van der Waals surface area contributed by atoms with Crippen LogP contribution in [0.3, 0.4) is 0 Å². The summed E-state index contributed by atoms with van der Waals surface area (Å²) in [6, 6.07) is 13.7. The molecule has 0 aliphatic carbocycles. The molecular formula is C14H11BrClN5. The smallest absolute Gasteiger partial charge is 0.143 e. The van der Waals surface area contributed by atoms with Crippen LogP contribution in [0.5, 0.6) is 0 Å². The normalized spacial score (nSPS) is 10.6. The highest BCUT2D eigenvalue weighted by Crippen LogP contribution is 2.24. The van der Waals surface area contributed by atoms with Gasteiger partial charge in [-0.2, -0.15) is 4.68 Å². The van der Waals surface area contributed by atoms with Gasteiger partial charge < -0.3 is 5.32 Å². The highest BCUT2D eigenvalue weighted by Gasteiger charge is 2.05. The van der Waals surface area contributed by atoms with E-state index >= 15 is 0 Å². The van der Waals surface area contributed by atoms with Crippen molar-refractivity contribution in [3.05, 3.63) is 63.9 Å². The van der Waals surface area contributed by atoms with Crippen molar-refractivity contribution in [2.75, 3.05) is 5.32 Å². The summed E-state index contributed by atoms with van der Waals surface area (Å²) in [7, 11) is 0. The Bertz CT molecular complexity index is 745. The summed E-state index contributed by atoms with van der Waals surface area (Å²) in [6.45, 7) is 0.659. The molecule has 7 heteroatoms. The molecule has 0 saturated carbocycles. The largest absolute Gasteiger partial charge is 0.379 e. The molecule has 0 unspecified atom stereocenters. The fourth-order valence-corrected chi connectivity index (χ4v) is 2.39. The van der Waals surface area contributed by atoms with Crippen LogP contribution in [-0.4, -0.2) is 20.2 Å². The van der Waals surface area contributed by atoms with Crippen molar-refractivity contribution in [2.24, 2.45) is 0 Å². The van der Waals surface area contributed by atoms with Gasteiger partial charge in [0.25, 0.3) is 0 Å². The molecule has 0 atom stereocenters. The van der Waals surface area contributed by atoms with Gasteiger partial charge in [0.2, 0.25) is 0 Å². The van der Waals surface area contributed by atoms with Crippen molar-refractivity contribution in [2.45, 2.75) is 6.54 Å². The van der Waals surface area contributed by atoms with Crippen LogP contribution in [0, 0.1) is 0 Å². The van der Waals surface area contributed by atoms with E-state index in [4.69, 9.17) is 11.6 Å². The number of rotatable bonds is 4. The molecule has 1 aromatic heterocycles. The molecular weight excluding hydrogens is 354 g/mol. The summed E-state index contributed by atoms with van der Waals surface area (Å²) in [5.41, 5.74) is 2.93. The second-order valence-electron chi connectivity index (χ2n) is 4.37. The maximum absolute atomic E-state index is 6.10. The fourth-order valence-electron chi connectivity index (χ4n) is 1.94. The molecule has 21 heavy (non-hydrogen) atoms. The van der Waals surface area contributed by atoms with E-state index in [1.54, 1.807) is 11.0 Å². The molecule has 1 heterocycles. The lowest BCUT2D eigenvalue weighted by atomic mass is 10.2. The van der Waals surface area contributed by atoms with Gasteiger partial charge in [-0.25, -0.2) is 0 Å². The maximum atomic E-state index is 6.10. The number of para-hydroxylation sites is 2. The second-order valence-corrected chi connectivity index (χ2v) is 5.64. The lowest BCUT2D eigenvalue weighted by Gasteiger charge is -2.11. The van der Waals surface area contributed by atoms with Crippen molar-refractivity contribution in [1.29, 1.82) is 0 Å². The third-order valence-electron chi connectivity index (χ3n) is 2.97. The number of tetrazole rings is 1. The van der Waals surface area contributed by atoms with E-state index in [1.165, 1.54) is 0 Å². The van der Waals surface area contributed by atoms with Gasteiger partial charge in [-0.05, 0) is 56.2 Å². The van der Waals surface area contributed by atoms with Gasteiger partial charge in [0.05, 0.1) is 16.4 Å². The van der Waals surface area contributed by atoms with Crippen molar-refractivity contribution in [1.82, 2.24) is 20.2 Å². The molecule has 0 bridgehead atoms. The van der Waals surface area contributed by atoms with Gasteiger partial charge >= 0.3 is 0 Å². The number of halogens is 2. The molecule has 0 saturated heterocycles. The Kier molecular flexibility index (Phi) is 4.17. The quantitative estimate of drug-likeness (QED) is 0.767. The Morgan fingerprint density at radius 3 is 2.81 bits per heavy atom. The number of aromatic nitrogens is 4. The van der Waals surface area contributed by atoms with Gasteiger partial charge in [-0.3, -0.25) is 0 Å². The van der Waals surface area contributed by atoms with E-state index in [-0.39, 0.29) is 0 Å². The first kappa shape index (κ1) is 14.0. The Morgan fingerprint density at radius 1 is 1.19 bits per heavy atom. The second kappa shape index (κ2) is 6.24. The van der Waals surface area contributed by atoms with Gasteiger partial charge in [0.15, 0.2) is 0 Å². The third kappa shape index (κ3) is 3.22. The minimum Gasteiger partial charge on any atom is -0.379 e. The molecule has 0 aliphatic heterocycles. The van der Waals surface area contributed by atoms with Crippen LogP contribution in [0.25, 0.3) is 5.69 Å². The zero-order valence-corrected chi connectivity index (χ0v) is 13.2. The van der Waals surface area contributed by atoms with Gasteiger partial charge in [0.1, 0.15) is 6.33 Å². The summed E-state index contributed by atoms with van der Waals surface area (Å²) < 4.78 is 2.51. The number of nitrogens with zero attached hydrogens (tertiary/aromatic N) is 4. The average molecular weight is 365 g/mol. The number of benzene rings is 2. The molecule has 3 rings (SSSR count). The monoisotopic (exact) mass is 363 g/mol. The zero-order valence-electron chi connectivity index (χ0n) is 10.9. The topological polar surface area (TPSA) is 55.6 Å². The van der Waals surface area contributed by atoms with E-state index in [1.807, 2.05) is 42.5 Å². The standard InChI is InChI=1S/C14H11BrClN5/c15-11-6-5-10(7-12(11)16)8-17-13-3-1-2-4-14(13)21-9-18-19-20-21/h1-7,9,17H,8H2. The third-order valence-corrected chi connectivity index (χ3v) is 4.20. The summed E-state index contributed by atoms with van der Waals surface area (Å²) in [6.07, 6.45) is 1.57. The van der Waals surface area contributed by atoms with Crippen LogP contribution in [0.15, 0.2) is 53.3 Å². The van der Waals surface area contributed by atoms with Crippen LogP contribution in [-0.2, 0) is 6.54 Å². The van der Waals surface area contributed by atoms with E-state index in [0.717, 1.165) is 21.4 Å². The molecule has 0 fully saturated rings. The molecule has 3 aromatic rings. The Hall–Kier alpha value is -1.92. The van der Waals surface area contributed by atoms with Gasteiger partial charge in [-0.15, -0.1) is 5.10 Å². The SMILES string of the molecule is Clc1cc(CNc2ccccc2-n2cnnn2)ccc1Br. The van der Waals surface area contributed by atoms with Crippen LogP contribution in [0.1, 0.15) is 5.56 Å². The molecule has 0 radical (unpaired) electrons. The van der Waals surface area contributed by atoms with Crippen LogP contribution < -0.4 is 5.32 Å². The summed E-state index contributed by atoms with van der Waals surface area (Å²) in [4.78, 5) is 0. The number of nitrogens with one attached hydrogen (secondary N) is 1. The predicted octanol–water partition coefficient (Wildman–Crippen LogP) is 3.69. The molecule has 0 amide bonds. The molecule has 5 nitrogen and oxygen atoms in total. The van der Waals surface area contributed by atoms with Crippen LogP contribution in [0.2, 0.25) is 5.02 Å². The lowest BCUT2D eigenvalue weighted by Crippen LogP contribution is -2.05. The first-order valence-electron chi connectivity index (χ1n) is 6.24. The Balaban J connectivity index is 1.81. The predicted molar refractivity (Wildman–Crippen MR) is 85.6 cm³/mol. The van der Waals surface area contributed by atoms with Crippen LogP contribution >= 0.6 is 27.5 Å². The zero-order chi connectivity index (χ0) is 14.7. The first-order chi connectivity index (χ1) is 10.2. The minimum atomic E-state index is 0.659. The first-order valence-corrected chi connectivity index (χ1v) is 7.41. The van der Waals surface area contributed by atoms with Gasteiger partial charge in [-0.1, -0.05) is 29.8 Å². The molecule has 2 aromatic carbocycles. The van der Waals surface area contributed by atoms with E-state index < -0.39 is 0 Å². The number of hydrogen-bond donors (Lipinski definition) is 1. The molecule has 0 spiro atoms. The fraction of sp³-hybridized carbons (Fsp3) is 0.0714. The van der Waals surface area contributed by atoms with Crippen molar-refractivity contribution < 1.29 is 0 Å². The Morgan fingerprint density at radius 2 is 2.05 bits per heavy atom. The highest BCUT2D eigenvalue weighted by atomic mass is 79.9. The Labute approximate surface area is 135 Å². The van der Waals surface area contributed by atoms with Crippen molar-refractivity contribution in [3.8, 4) is 5.69 Å².